The van der Waals surface area contributed by atoms with Crippen molar-refractivity contribution in [2.75, 3.05) is 13.2 Å². The van der Waals surface area contributed by atoms with Gasteiger partial charge < -0.3 is 10.5 Å². The summed E-state index contributed by atoms with van der Waals surface area (Å²) in [4.78, 5) is 14.5. The number of hydrogen-bond donors (Lipinski definition) is 2. The molecular formula is C12H12ClN3O4S. The molecule has 0 aliphatic heterocycles. The van der Waals surface area contributed by atoms with E-state index in [0.717, 1.165) is 0 Å². The predicted molar refractivity (Wildman–Crippen MR) is 77.5 cm³/mol. The molecule has 21 heavy (non-hydrogen) atoms. The van der Waals surface area contributed by atoms with Crippen molar-refractivity contribution in [1.29, 1.82) is 0 Å². The van der Waals surface area contributed by atoms with E-state index >= 15 is 0 Å². The third kappa shape index (κ3) is 4.03. The monoisotopic (exact) mass is 329 g/mol. The Bertz CT molecular complexity index is 779. The molecule has 0 unspecified atom stereocenters. The SMILES string of the molecule is NC(=O)OCCNS(=O)(=O)c1ccc2nc(Cl)ccc2c1. The molecule has 0 bridgehead atoms. The van der Waals surface area contributed by atoms with Gasteiger partial charge in [-0.25, -0.2) is 22.9 Å². The quantitative estimate of drug-likeness (QED) is 0.633. The molecule has 1 amide bonds. The number of nitrogens with one attached hydrogen (secondary N) is 1. The topological polar surface area (TPSA) is 111 Å². The van der Waals surface area contributed by atoms with Gasteiger partial charge in [0, 0.05) is 11.9 Å². The van der Waals surface area contributed by atoms with Gasteiger partial charge in [0.15, 0.2) is 0 Å². The van der Waals surface area contributed by atoms with Crippen LogP contribution in [0.5, 0.6) is 0 Å². The molecule has 0 radical (unpaired) electrons. The van der Waals surface area contributed by atoms with Crippen LogP contribution in [-0.2, 0) is 14.8 Å². The van der Waals surface area contributed by atoms with Gasteiger partial charge >= 0.3 is 6.09 Å². The molecule has 0 aliphatic rings. The number of halogens is 1. The van der Waals surface area contributed by atoms with E-state index in [2.05, 4.69) is 14.4 Å². The molecule has 2 rings (SSSR count). The lowest BCUT2D eigenvalue weighted by Crippen LogP contribution is -2.29. The third-order valence-electron chi connectivity index (χ3n) is 2.58. The summed E-state index contributed by atoms with van der Waals surface area (Å²) in [6, 6.07) is 7.73. The van der Waals surface area contributed by atoms with Crippen molar-refractivity contribution < 1.29 is 17.9 Å². The van der Waals surface area contributed by atoms with Crippen LogP contribution >= 0.6 is 11.6 Å². The van der Waals surface area contributed by atoms with Crippen molar-refractivity contribution in [3.63, 3.8) is 0 Å². The smallest absolute Gasteiger partial charge is 0.404 e. The predicted octanol–water partition coefficient (Wildman–Crippen LogP) is 1.26. The van der Waals surface area contributed by atoms with E-state index in [4.69, 9.17) is 17.3 Å². The van der Waals surface area contributed by atoms with Gasteiger partial charge in [-0.2, -0.15) is 0 Å². The van der Waals surface area contributed by atoms with Crippen LogP contribution in [0.1, 0.15) is 0 Å². The number of primary amides is 1. The number of rotatable bonds is 5. The summed E-state index contributed by atoms with van der Waals surface area (Å²) in [7, 11) is -3.70. The first kappa shape index (κ1) is 15.5. The number of aromatic nitrogens is 1. The highest BCUT2D eigenvalue weighted by molar-refractivity contribution is 7.89. The Hall–Kier alpha value is -1.90. The molecule has 0 saturated heterocycles. The molecule has 0 atom stereocenters. The number of nitrogens with two attached hydrogens (primary N) is 1. The Morgan fingerprint density at radius 1 is 1.33 bits per heavy atom. The normalized spacial score (nSPS) is 11.5. The molecular weight excluding hydrogens is 318 g/mol. The van der Waals surface area contributed by atoms with Crippen molar-refractivity contribution >= 4 is 38.6 Å². The molecule has 0 aliphatic carbocycles. The van der Waals surface area contributed by atoms with Crippen molar-refractivity contribution in [3.05, 3.63) is 35.5 Å². The summed E-state index contributed by atoms with van der Waals surface area (Å²) in [6.45, 7) is -0.207. The fourth-order valence-electron chi connectivity index (χ4n) is 1.66. The van der Waals surface area contributed by atoms with Crippen LogP contribution in [-0.4, -0.2) is 32.6 Å². The summed E-state index contributed by atoms with van der Waals surface area (Å²) in [6.07, 6.45) is -0.956. The number of ether oxygens (including phenoxy) is 1. The van der Waals surface area contributed by atoms with E-state index in [1.165, 1.54) is 12.1 Å². The second-order valence-electron chi connectivity index (χ2n) is 4.05. The molecule has 9 heteroatoms. The number of nitrogens with zero attached hydrogens (tertiary/aromatic N) is 1. The number of pyridine rings is 1. The summed E-state index contributed by atoms with van der Waals surface area (Å²) >= 11 is 5.77. The zero-order valence-corrected chi connectivity index (χ0v) is 12.3. The van der Waals surface area contributed by atoms with Crippen molar-refractivity contribution in [2.24, 2.45) is 5.73 Å². The third-order valence-corrected chi connectivity index (χ3v) is 4.24. The molecule has 0 spiro atoms. The van der Waals surface area contributed by atoms with E-state index in [-0.39, 0.29) is 18.0 Å². The molecule has 1 aromatic carbocycles. The van der Waals surface area contributed by atoms with E-state index in [1.807, 2.05) is 0 Å². The standard InChI is InChI=1S/C12H12ClN3O4S/c13-11-4-1-8-7-9(2-3-10(8)16-11)21(18,19)15-5-6-20-12(14)17/h1-4,7,15H,5-6H2,(H2,14,17). The van der Waals surface area contributed by atoms with Crippen LogP contribution in [0, 0.1) is 0 Å². The van der Waals surface area contributed by atoms with Crippen LogP contribution in [0.2, 0.25) is 5.15 Å². The van der Waals surface area contributed by atoms with Crippen LogP contribution in [0.25, 0.3) is 10.9 Å². The number of sulfonamides is 1. The second kappa shape index (κ2) is 6.25. The molecule has 3 N–H and O–H groups in total. The molecule has 1 aromatic heterocycles. The van der Waals surface area contributed by atoms with Gasteiger partial charge in [0.05, 0.1) is 10.4 Å². The number of carbonyl (C=O) groups is 1. The van der Waals surface area contributed by atoms with Crippen LogP contribution in [0.4, 0.5) is 4.79 Å². The highest BCUT2D eigenvalue weighted by Gasteiger charge is 2.14. The molecule has 0 saturated carbocycles. The Morgan fingerprint density at radius 2 is 2.10 bits per heavy atom. The van der Waals surface area contributed by atoms with Gasteiger partial charge in [-0.3, -0.25) is 0 Å². The average Bonchev–Trinajstić information content (AvgIpc) is 2.43. The second-order valence-corrected chi connectivity index (χ2v) is 6.21. The molecule has 112 valence electrons. The summed E-state index contributed by atoms with van der Waals surface area (Å²) < 4.78 is 30.9. The lowest BCUT2D eigenvalue weighted by molar-refractivity contribution is 0.159. The van der Waals surface area contributed by atoms with Gasteiger partial charge in [0.25, 0.3) is 0 Å². The van der Waals surface area contributed by atoms with Crippen LogP contribution in [0.3, 0.4) is 0 Å². The highest BCUT2D eigenvalue weighted by Crippen LogP contribution is 2.19. The van der Waals surface area contributed by atoms with Crippen molar-refractivity contribution in [3.8, 4) is 0 Å². The lowest BCUT2D eigenvalue weighted by Gasteiger charge is -2.07. The minimum atomic E-state index is -3.70. The average molecular weight is 330 g/mol. The maximum atomic E-state index is 12.1. The molecule has 2 aromatic rings. The van der Waals surface area contributed by atoms with E-state index < -0.39 is 16.1 Å². The van der Waals surface area contributed by atoms with Gasteiger partial charge in [-0.15, -0.1) is 0 Å². The van der Waals surface area contributed by atoms with Crippen molar-refractivity contribution in [1.82, 2.24) is 9.71 Å². The largest absolute Gasteiger partial charge is 0.448 e. The zero-order chi connectivity index (χ0) is 15.5. The Morgan fingerprint density at radius 3 is 2.81 bits per heavy atom. The van der Waals surface area contributed by atoms with E-state index in [1.54, 1.807) is 18.2 Å². The number of fused-ring (bicyclic) bond motifs is 1. The summed E-state index contributed by atoms with van der Waals surface area (Å²) in [5, 5.41) is 0.982. The Labute approximate surface area is 126 Å². The van der Waals surface area contributed by atoms with Gasteiger partial charge in [0.1, 0.15) is 11.8 Å². The Kier molecular flexibility index (Phi) is 4.61. The lowest BCUT2D eigenvalue weighted by atomic mass is 10.2. The van der Waals surface area contributed by atoms with Crippen LogP contribution < -0.4 is 10.5 Å². The fraction of sp³-hybridized carbons (Fsp3) is 0.167. The van der Waals surface area contributed by atoms with Crippen molar-refractivity contribution in [2.45, 2.75) is 4.90 Å². The Balaban J connectivity index is 2.16. The fourth-order valence-corrected chi connectivity index (χ4v) is 2.86. The minimum absolute atomic E-state index is 0.0673. The molecule has 0 fully saturated rings. The number of carbonyl (C=O) groups excluding carboxylic acids is 1. The van der Waals surface area contributed by atoms with E-state index in [0.29, 0.717) is 16.1 Å². The van der Waals surface area contributed by atoms with Crippen LogP contribution in [0.15, 0.2) is 35.2 Å². The first-order chi connectivity index (χ1) is 9.88. The zero-order valence-electron chi connectivity index (χ0n) is 10.7. The maximum absolute atomic E-state index is 12.1. The first-order valence-corrected chi connectivity index (χ1v) is 7.73. The highest BCUT2D eigenvalue weighted by atomic mass is 35.5. The number of hydrogen-bond acceptors (Lipinski definition) is 5. The minimum Gasteiger partial charge on any atom is -0.448 e. The molecule has 1 heterocycles. The maximum Gasteiger partial charge on any atom is 0.404 e. The summed E-state index contributed by atoms with van der Waals surface area (Å²) in [5.41, 5.74) is 5.37. The summed E-state index contributed by atoms with van der Waals surface area (Å²) in [5.74, 6) is 0. The molecule has 7 nitrogen and oxygen atoms in total. The number of benzene rings is 1. The van der Waals surface area contributed by atoms with Gasteiger partial charge in [0.2, 0.25) is 10.0 Å². The van der Waals surface area contributed by atoms with Gasteiger partial charge in [-0.1, -0.05) is 11.6 Å². The van der Waals surface area contributed by atoms with E-state index in [9.17, 15) is 13.2 Å². The first-order valence-electron chi connectivity index (χ1n) is 5.87. The number of amides is 1. The van der Waals surface area contributed by atoms with Gasteiger partial charge in [-0.05, 0) is 30.3 Å².